The number of amides is 1. The van der Waals surface area contributed by atoms with Gasteiger partial charge in [0.25, 0.3) is 5.91 Å². The highest BCUT2D eigenvalue weighted by Crippen LogP contribution is 2.19. The highest BCUT2D eigenvalue weighted by Gasteiger charge is 2.09. The molecule has 0 saturated carbocycles. The quantitative estimate of drug-likeness (QED) is 0.669. The number of carbonyl (C=O) groups excluding carboxylic acids is 2. The SMILES string of the molecule is CC(=O)c1cccc(Nc2ccnc(C(=O)Nc3cccc(F)c3)c2)c1. The lowest BCUT2D eigenvalue weighted by Gasteiger charge is -2.09. The standard InChI is InChI=1S/C20H16FN3O2/c1-13(25)14-4-2-6-16(10-14)23-18-8-9-22-19(12-18)20(26)24-17-7-3-5-15(21)11-17/h2-12H,1H3,(H,22,23)(H,24,26). The second-order valence-electron chi connectivity index (χ2n) is 5.66. The third-order valence-electron chi connectivity index (χ3n) is 3.63. The van der Waals surface area contributed by atoms with Crippen molar-refractivity contribution in [1.82, 2.24) is 4.98 Å². The fourth-order valence-electron chi connectivity index (χ4n) is 2.38. The number of hydrogen-bond acceptors (Lipinski definition) is 4. The summed E-state index contributed by atoms with van der Waals surface area (Å²) in [5.74, 6) is -0.910. The lowest BCUT2D eigenvalue weighted by Crippen LogP contribution is -2.13. The number of halogens is 1. The first kappa shape index (κ1) is 17.3. The lowest BCUT2D eigenvalue weighted by molar-refractivity contribution is 0.101. The van der Waals surface area contributed by atoms with Gasteiger partial charge in [-0.1, -0.05) is 18.2 Å². The number of Topliss-reactive ketones (excluding diaryl/α,β-unsaturated/α-hetero) is 1. The van der Waals surface area contributed by atoms with Crippen molar-refractivity contribution >= 4 is 28.8 Å². The zero-order valence-corrected chi connectivity index (χ0v) is 14.0. The predicted molar refractivity (Wildman–Crippen MR) is 98.3 cm³/mol. The van der Waals surface area contributed by atoms with Gasteiger partial charge in [-0.15, -0.1) is 0 Å². The number of pyridine rings is 1. The smallest absolute Gasteiger partial charge is 0.274 e. The van der Waals surface area contributed by atoms with Crippen LogP contribution in [0.4, 0.5) is 21.5 Å². The van der Waals surface area contributed by atoms with E-state index in [0.717, 1.165) is 5.69 Å². The molecule has 0 saturated heterocycles. The van der Waals surface area contributed by atoms with Crippen LogP contribution in [0.2, 0.25) is 0 Å². The van der Waals surface area contributed by atoms with Crippen LogP contribution in [0.1, 0.15) is 27.8 Å². The maximum absolute atomic E-state index is 13.2. The summed E-state index contributed by atoms with van der Waals surface area (Å²) in [5, 5.41) is 5.74. The van der Waals surface area contributed by atoms with Crippen molar-refractivity contribution in [1.29, 1.82) is 0 Å². The van der Waals surface area contributed by atoms with Crippen LogP contribution >= 0.6 is 0 Å². The average molecular weight is 349 g/mol. The van der Waals surface area contributed by atoms with E-state index in [2.05, 4.69) is 15.6 Å². The molecule has 130 valence electrons. The number of carbonyl (C=O) groups is 2. The summed E-state index contributed by atoms with van der Waals surface area (Å²) < 4.78 is 13.2. The first-order valence-electron chi connectivity index (χ1n) is 7.92. The predicted octanol–water partition coefficient (Wildman–Crippen LogP) is 4.42. The van der Waals surface area contributed by atoms with Gasteiger partial charge in [-0.05, 0) is 49.4 Å². The molecule has 0 atom stereocenters. The Labute approximate surface area is 149 Å². The molecule has 0 bridgehead atoms. The highest BCUT2D eigenvalue weighted by atomic mass is 19.1. The summed E-state index contributed by atoms with van der Waals surface area (Å²) >= 11 is 0. The van der Waals surface area contributed by atoms with E-state index in [4.69, 9.17) is 0 Å². The van der Waals surface area contributed by atoms with E-state index < -0.39 is 11.7 Å². The molecule has 3 aromatic rings. The molecular formula is C20H16FN3O2. The Morgan fingerprint density at radius 2 is 1.65 bits per heavy atom. The van der Waals surface area contributed by atoms with Gasteiger partial charge in [0.1, 0.15) is 11.5 Å². The molecule has 1 heterocycles. The van der Waals surface area contributed by atoms with Crippen LogP contribution in [-0.4, -0.2) is 16.7 Å². The van der Waals surface area contributed by atoms with Crippen molar-refractivity contribution in [2.45, 2.75) is 6.92 Å². The Morgan fingerprint density at radius 3 is 2.42 bits per heavy atom. The van der Waals surface area contributed by atoms with Crippen molar-refractivity contribution in [2.24, 2.45) is 0 Å². The van der Waals surface area contributed by atoms with Gasteiger partial charge in [0.05, 0.1) is 0 Å². The molecule has 5 nitrogen and oxygen atoms in total. The molecule has 0 aliphatic rings. The zero-order chi connectivity index (χ0) is 18.5. The van der Waals surface area contributed by atoms with E-state index in [0.29, 0.717) is 16.9 Å². The first-order valence-corrected chi connectivity index (χ1v) is 7.92. The molecule has 2 N–H and O–H groups in total. The Kier molecular flexibility index (Phi) is 5.03. The Bertz CT molecular complexity index is 973. The van der Waals surface area contributed by atoms with E-state index in [1.165, 1.54) is 31.3 Å². The minimum Gasteiger partial charge on any atom is -0.355 e. The molecule has 0 aliphatic heterocycles. The molecular weight excluding hydrogens is 333 g/mol. The van der Waals surface area contributed by atoms with Crippen molar-refractivity contribution in [2.75, 3.05) is 10.6 Å². The second-order valence-corrected chi connectivity index (χ2v) is 5.66. The van der Waals surface area contributed by atoms with Crippen molar-refractivity contribution in [3.8, 4) is 0 Å². The molecule has 0 radical (unpaired) electrons. The number of anilines is 3. The summed E-state index contributed by atoms with van der Waals surface area (Å²) in [5.41, 5.74) is 2.49. The summed E-state index contributed by atoms with van der Waals surface area (Å²) in [6, 6.07) is 16.0. The number of benzene rings is 2. The Morgan fingerprint density at radius 1 is 0.923 bits per heavy atom. The molecule has 0 aliphatic carbocycles. The largest absolute Gasteiger partial charge is 0.355 e. The van der Waals surface area contributed by atoms with Gasteiger partial charge in [0, 0.05) is 28.8 Å². The minimum atomic E-state index is -0.447. The number of nitrogens with one attached hydrogen (secondary N) is 2. The fraction of sp³-hybridized carbons (Fsp3) is 0.0500. The van der Waals surface area contributed by atoms with Gasteiger partial charge in [0.15, 0.2) is 5.78 Å². The van der Waals surface area contributed by atoms with Crippen LogP contribution in [0.15, 0.2) is 66.9 Å². The summed E-state index contributed by atoms with van der Waals surface area (Å²) in [4.78, 5) is 27.8. The van der Waals surface area contributed by atoms with Crippen LogP contribution in [-0.2, 0) is 0 Å². The molecule has 0 spiro atoms. The van der Waals surface area contributed by atoms with Gasteiger partial charge in [-0.25, -0.2) is 4.39 Å². The van der Waals surface area contributed by atoms with Gasteiger partial charge in [-0.2, -0.15) is 0 Å². The maximum atomic E-state index is 13.2. The number of hydrogen-bond donors (Lipinski definition) is 2. The molecule has 1 amide bonds. The first-order chi connectivity index (χ1) is 12.5. The van der Waals surface area contributed by atoms with Crippen LogP contribution < -0.4 is 10.6 Å². The minimum absolute atomic E-state index is 0.0291. The normalized spacial score (nSPS) is 10.2. The van der Waals surface area contributed by atoms with Gasteiger partial charge in [-0.3, -0.25) is 14.6 Å². The number of rotatable bonds is 5. The summed E-state index contributed by atoms with van der Waals surface area (Å²) in [7, 11) is 0. The number of ketones is 1. The van der Waals surface area contributed by atoms with E-state index in [1.54, 1.807) is 36.4 Å². The third-order valence-corrected chi connectivity index (χ3v) is 3.63. The molecule has 3 rings (SSSR count). The topological polar surface area (TPSA) is 71.1 Å². The number of nitrogens with zero attached hydrogens (tertiary/aromatic N) is 1. The van der Waals surface area contributed by atoms with Crippen LogP contribution in [0.25, 0.3) is 0 Å². The van der Waals surface area contributed by atoms with Crippen molar-refractivity contribution in [3.63, 3.8) is 0 Å². The van der Waals surface area contributed by atoms with Crippen LogP contribution in [0.5, 0.6) is 0 Å². The molecule has 1 aromatic heterocycles. The Hall–Kier alpha value is -3.54. The number of aromatic nitrogens is 1. The molecule has 0 fully saturated rings. The molecule has 2 aromatic carbocycles. The monoisotopic (exact) mass is 349 g/mol. The average Bonchev–Trinajstić information content (AvgIpc) is 2.62. The van der Waals surface area contributed by atoms with Crippen LogP contribution in [0, 0.1) is 5.82 Å². The fourth-order valence-corrected chi connectivity index (χ4v) is 2.38. The van der Waals surface area contributed by atoms with E-state index in [9.17, 15) is 14.0 Å². The molecule has 0 unspecified atom stereocenters. The molecule has 26 heavy (non-hydrogen) atoms. The van der Waals surface area contributed by atoms with E-state index >= 15 is 0 Å². The maximum Gasteiger partial charge on any atom is 0.274 e. The summed E-state index contributed by atoms with van der Waals surface area (Å²) in [6.45, 7) is 1.50. The summed E-state index contributed by atoms with van der Waals surface area (Å²) in [6.07, 6.45) is 1.50. The van der Waals surface area contributed by atoms with Gasteiger partial charge in [0.2, 0.25) is 0 Å². The van der Waals surface area contributed by atoms with Gasteiger partial charge >= 0.3 is 0 Å². The third kappa shape index (κ3) is 4.30. The lowest BCUT2D eigenvalue weighted by atomic mass is 10.1. The van der Waals surface area contributed by atoms with E-state index in [-0.39, 0.29) is 11.5 Å². The van der Waals surface area contributed by atoms with Crippen LogP contribution in [0.3, 0.4) is 0 Å². The zero-order valence-electron chi connectivity index (χ0n) is 14.0. The highest BCUT2D eigenvalue weighted by molar-refractivity contribution is 6.03. The van der Waals surface area contributed by atoms with Crippen molar-refractivity contribution < 1.29 is 14.0 Å². The van der Waals surface area contributed by atoms with Gasteiger partial charge < -0.3 is 10.6 Å². The van der Waals surface area contributed by atoms with Crippen molar-refractivity contribution in [3.05, 3.63) is 83.9 Å². The molecule has 6 heteroatoms. The Balaban J connectivity index is 1.76. The second kappa shape index (κ2) is 7.57. The van der Waals surface area contributed by atoms with E-state index in [1.807, 2.05) is 6.07 Å².